The van der Waals surface area contributed by atoms with Gasteiger partial charge in [0, 0.05) is 11.6 Å². The van der Waals surface area contributed by atoms with Gasteiger partial charge in [-0.05, 0) is 13.0 Å². The van der Waals surface area contributed by atoms with Crippen LogP contribution in [0.2, 0.25) is 0 Å². The van der Waals surface area contributed by atoms with Crippen LogP contribution in [-0.4, -0.2) is 60.0 Å². The van der Waals surface area contributed by atoms with Gasteiger partial charge in [-0.1, -0.05) is 20.4 Å². The smallest absolute Gasteiger partial charge is 0.389 e. The summed E-state index contributed by atoms with van der Waals surface area (Å²) < 4.78 is 52.0. The van der Waals surface area contributed by atoms with Gasteiger partial charge in [0.1, 0.15) is 23.5 Å². The van der Waals surface area contributed by atoms with Crippen molar-refractivity contribution in [2.24, 2.45) is 16.1 Å². The van der Waals surface area contributed by atoms with Crippen LogP contribution >= 0.6 is 23.5 Å². The van der Waals surface area contributed by atoms with Crippen LogP contribution in [0.1, 0.15) is 20.8 Å². The van der Waals surface area contributed by atoms with E-state index in [-0.39, 0.29) is 11.7 Å². The van der Waals surface area contributed by atoms with Gasteiger partial charge in [0.05, 0.1) is 12.7 Å². The molecule has 31 heavy (non-hydrogen) atoms. The van der Waals surface area contributed by atoms with Crippen molar-refractivity contribution in [1.82, 2.24) is 4.90 Å². The van der Waals surface area contributed by atoms with E-state index in [0.717, 1.165) is 0 Å². The monoisotopic (exact) mass is 507 g/mol. The Morgan fingerprint density at radius 2 is 1.77 bits per heavy atom. The predicted octanol–water partition coefficient (Wildman–Crippen LogP) is 0.489. The third kappa shape index (κ3) is 6.32. The summed E-state index contributed by atoms with van der Waals surface area (Å²) >= 11 is 0. The lowest BCUT2D eigenvalue weighted by molar-refractivity contribution is -0.122. The summed E-state index contributed by atoms with van der Waals surface area (Å²) in [5.41, 5.74) is 2.96. The van der Waals surface area contributed by atoms with E-state index in [0.29, 0.717) is 0 Å². The fourth-order valence-electron chi connectivity index (χ4n) is 3.13. The molecule has 2 unspecified atom stereocenters. The van der Waals surface area contributed by atoms with E-state index < -0.39 is 53.4 Å². The first-order valence-electron chi connectivity index (χ1n) is 8.42. The molecule has 0 bridgehead atoms. The molecule has 1 saturated heterocycles. The molecule has 0 radical (unpaired) electrons. The van der Waals surface area contributed by atoms with E-state index in [1.807, 2.05) is 0 Å². The minimum absolute atomic E-state index is 0.202. The number of rotatable bonds is 8. The zero-order valence-electron chi connectivity index (χ0n) is 16.6. The second-order valence-corrected chi connectivity index (χ2v) is 12.0. The van der Waals surface area contributed by atoms with Crippen LogP contribution < -0.4 is 5.73 Å². The highest BCUT2D eigenvalue weighted by Gasteiger charge is 2.59. The second kappa shape index (κ2) is 8.45. The average Bonchev–Trinajstić information content (AvgIpc) is 2.71. The van der Waals surface area contributed by atoms with Crippen LogP contribution in [0.3, 0.4) is 0 Å². The van der Waals surface area contributed by atoms with Crippen molar-refractivity contribution < 1.29 is 56.3 Å². The van der Waals surface area contributed by atoms with E-state index in [4.69, 9.17) is 20.3 Å². The molecule has 2 aliphatic heterocycles. The summed E-state index contributed by atoms with van der Waals surface area (Å²) in [5, 5.41) is 10.8. The molecule has 2 heterocycles. The number of phosphoric acid groups is 3. The SMILES string of the molecule is C=C1N=C(N)C=CN1[C@@H]1O[C@](C)(COP(=O)(O)OP(=O)(O)OP(=O)(O)O)[C@H](O)C1(C)C. The third-order valence-electron chi connectivity index (χ3n) is 4.45. The minimum atomic E-state index is -5.67. The van der Waals surface area contributed by atoms with E-state index in [2.05, 4.69) is 24.7 Å². The van der Waals surface area contributed by atoms with Gasteiger partial charge in [-0.2, -0.15) is 8.62 Å². The molecule has 0 aromatic rings. The van der Waals surface area contributed by atoms with Gasteiger partial charge in [-0.15, -0.1) is 0 Å². The fourth-order valence-corrected chi connectivity index (χ4v) is 6.25. The molecule has 7 N–H and O–H groups in total. The third-order valence-corrected chi connectivity index (χ3v) is 8.23. The van der Waals surface area contributed by atoms with Crippen molar-refractivity contribution >= 4 is 29.3 Å². The molecule has 0 saturated carbocycles. The molecule has 0 aromatic carbocycles. The van der Waals surface area contributed by atoms with Crippen LogP contribution in [0, 0.1) is 5.41 Å². The number of ether oxygens (including phenoxy) is 1. The number of nitrogens with two attached hydrogens (primary N) is 1. The van der Waals surface area contributed by atoms with Gasteiger partial charge in [0.25, 0.3) is 0 Å². The standard InChI is InChI=1S/C13H24N3O12P3/c1-8-15-9(14)5-6-16(8)11-12(2,3)10(17)13(4,26-11)7-25-30(21,22)28-31(23,24)27-29(18,19)20/h5-6,10-11,17H,1,7H2,2-4H3,(H2,14,15)(H,21,22)(H,23,24)(H2,18,19,20)/t10-,11-,13-/m1/s1. The molecule has 18 heteroatoms. The van der Waals surface area contributed by atoms with Gasteiger partial charge in [-0.25, -0.2) is 18.7 Å². The summed E-state index contributed by atoms with van der Waals surface area (Å²) in [6, 6.07) is 0. The highest BCUT2D eigenvalue weighted by Crippen LogP contribution is 2.66. The number of aliphatic hydroxyl groups is 1. The summed E-state index contributed by atoms with van der Waals surface area (Å²) in [6.07, 6.45) is 0.819. The molecule has 15 nitrogen and oxygen atoms in total. The number of hydrogen-bond donors (Lipinski definition) is 6. The molecule has 178 valence electrons. The Morgan fingerprint density at radius 3 is 2.29 bits per heavy atom. The maximum atomic E-state index is 12.0. The van der Waals surface area contributed by atoms with Gasteiger partial charge >= 0.3 is 23.5 Å². The van der Waals surface area contributed by atoms with E-state index >= 15 is 0 Å². The second-order valence-electron chi connectivity index (χ2n) is 7.55. The van der Waals surface area contributed by atoms with E-state index in [1.165, 1.54) is 24.1 Å². The van der Waals surface area contributed by atoms with Crippen LogP contribution in [0.4, 0.5) is 0 Å². The molecule has 0 amide bonds. The first-order chi connectivity index (χ1) is 13.8. The Hall–Kier alpha value is -0.920. The lowest BCUT2D eigenvalue weighted by Gasteiger charge is -2.36. The van der Waals surface area contributed by atoms with Crippen LogP contribution in [0.25, 0.3) is 0 Å². The zero-order valence-corrected chi connectivity index (χ0v) is 19.3. The van der Waals surface area contributed by atoms with Crippen molar-refractivity contribution in [3.63, 3.8) is 0 Å². The van der Waals surface area contributed by atoms with Crippen molar-refractivity contribution in [2.45, 2.75) is 38.7 Å². The summed E-state index contributed by atoms with van der Waals surface area (Å²) in [6.45, 7) is 7.56. The molecule has 2 rings (SSSR count). The Labute approximate surface area is 177 Å². The van der Waals surface area contributed by atoms with Crippen molar-refractivity contribution in [2.75, 3.05) is 6.61 Å². The number of nitrogens with zero attached hydrogens (tertiary/aromatic N) is 2. The topological polar surface area (TPSA) is 231 Å². The van der Waals surface area contributed by atoms with Crippen LogP contribution in [0.15, 0.2) is 29.7 Å². The van der Waals surface area contributed by atoms with Gasteiger partial charge in [-0.3, -0.25) is 4.52 Å². The Kier molecular flexibility index (Phi) is 7.18. The van der Waals surface area contributed by atoms with Crippen molar-refractivity contribution in [3.05, 3.63) is 24.7 Å². The van der Waals surface area contributed by atoms with E-state index in [1.54, 1.807) is 13.8 Å². The summed E-state index contributed by atoms with van der Waals surface area (Å²) in [4.78, 5) is 41.5. The van der Waals surface area contributed by atoms with Gasteiger partial charge < -0.3 is 40.1 Å². The number of amidine groups is 1. The van der Waals surface area contributed by atoms with Gasteiger partial charge in [0.15, 0.2) is 0 Å². The van der Waals surface area contributed by atoms with Crippen LogP contribution in [-0.2, 0) is 31.6 Å². The van der Waals surface area contributed by atoms with Crippen LogP contribution in [0.5, 0.6) is 0 Å². The Bertz CT molecular complexity index is 945. The summed E-state index contributed by atoms with van der Waals surface area (Å²) in [7, 11) is -16.6. The molecule has 0 spiro atoms. The first kappa shape index (κ1) is 26.3. The van der Waals surface area contributed by atoms with E-state index in [9.17, 15) is 28.6 Å². The molecule has 0 aromatic heterocycles. The first-order valence-corrected chi connectivity index (χ1v) is 12.9. The maximum absolute atomic E-state index is 12.0. The maximum Gasteiger partial charge on any atom is 0.490 e. The van der Waals surface area contributed by atoms with Crippen molar-refractivity contribution in [1.29, 1.82) is 0 Å². The molecule has 1 fully saturated rings. The number of phosphoric ester groups is 1. The largest absolute Gasteiger partial charge is 0.490 e. The molecular weight excluding hydrogens is 483 g/mol. The quantitative estimate of drug-likeness (QED) is 0.246. The predicted molar refractivity (Wildman–Crippen MR) is 105 cm³/mol. The molecular formula is C13H24N3O12P3. The number of hydrogen-bond acceptors (Lipinski definition) is 11. The molecule has 2 aliphatic rings. The average molecular weight is 507 g/mol. The lowest BCUT2D eigenvalue weighted by atomic mass is 9.80. The lowest BCUT2D eigenvalue weighted by Crippen LogP contribution is -2.46. The fraction of sp³-hybridized carbons (Fsp3) is 0.615. The highest BCUT2D eigenvalue weighted by atomic mass is 31.3. The summed E-state index contributed by atoms with van der Waals surface area (Å²) in [5.74, 6) is 0.412. The molecule has 0 aliphatic carbocycles. The zero-order chi connectivity index (χ0) is 24.0. The Morgan fingerprint density at radius 1 is 1.19 bits per heavy atom. The number of aliphatic hydroxyl groups excluding tert-OH is 1. The van der Waals surface area contributed by atoms with Crippen molar-refractivity contribution in [3.8, 4) is 0 Å². The Balaban J connectivity index is 2.15. The number of aliphatic imine (C=N–C) groups is 1. The minimum Gasteiger partial charge on any atom is -0.389 e. The van der Waals surface area contributed by atoms with Gasteiger partial charge in [0.2, 0.25) is 0 Å². The molecule has 5 atom stereocenters. The normalized spacial score (nSPS) is 32.5. The highest BCUT2D eigenvalue weighted by molar-refractivity contribution is 7.66.